The molecule has 1 fully saturated rings. The van der Waals surface area contributed by atoms with E-state index in [-0.39, 0.29) is 11.0 Å². The first-order valence-electron chi connectivity index (χ1n) is 8.74. The second-order valence-corrected chi connectivity index (χ2v) is 7.83. The molecule has 0 unspecified atom stereocenters. The van der Waals surface area contributed by atoms with Gasteiger partial charge in [0.1, 0.15) is 5.82 Å². The number of thiophene rings is 1. The smallest absolute Gasteiger partial charge is 0.255 e. The Morgan fingerprint density at radius 1 is 1.12 bits per heavy atom. The van der Waals surface area contributed by atoms with E-state index < -0.39 is 0 Å². The number of aromatic nitrogens is 2. The molecule has 0 bridgehead atoms. The monoisotopic (exact) mass is 349 g/mol. The fourth-order valence-electron chi connectivity index (χ4n) is 3.67. The first-order chi connectivity index (χ1) is 12.3. The van der Waals surface area contributed by atoms with Crippen molar-refractivity contribution in [1.29, 1.82) is 0 Å². The van der Waals surface area contributed by atoms with Crippen LogP contribution >= 0.6 is 11.3 Å². The molecular formula is C20H19N3OS. The maximum atomic E-state index is 12.5. The van der Waals surface area contributed by atoms with Crippen molar-refractivity contribution >= 4 is 11.3 Å². The Morgan fingerprint density at radius 2 is 1.96 bits per heavy atom. The van der Waals surface area contributed by atoms with Crippen molar-refractivity contribution in [1.82, 2.24) is 15.3 Å². The average Bonchev–Trinajstić information content (AvgIpc) is 3.32. The van der Waals surface area contributed by atoms with E-state index in [1.165, 1.54) is 16.0 Å². The molecule has 2 N–H and O–H groups in total. The van der Waals surface area contributed by atoms with E-state index in [4.69, 9.17) is 4.98 Å². The molecule has 5 heteroatoms. The van der Waals surface area contributed by atoms with Crippen LogP contribution in [-0.2, 0) is 18.4 Å². The van der Waals surface area contributed by atoms with Gasteiger partial charge in [-0.3, -0.25) is 4.79 Å². The SMILES string of the molecule is O=c1[nH]c(C2(c3cc(-c4ccccc4)cs3)CC2)nc2c1CNCC2. The van der Waals surface area contributed by atoms with Crippen LogP contribution in [0.1, 0.15) is 34.8 Å². The summed E-state index contributed by atoms with van der Waals surface area (Å²) in [5.41, 5.74) is 4.20. The van der Waals surface area contributed by atoms with Crippen molar-refractivity contribution < 1.29 is 0 Å². The molecule has 4 nitrogen and oxygen atoms in total. The van der Waals surface area contributed by atoms with E-state index >= 15 is 0 Å². The highest BCUT2D eigenvalue weighted by molar-refractivity contribution is 7.10. The van der Waals surface area contributed by atoms with Gasteiger partial charge < -0.3 is 10.3 Å². The number of benzene rings is 1. The number of aromatic amines is 1. The molecule has 0 atom stereocenters. The van der Waals surface area contributed by atoms with E-state index in [0.29, 0.717) is 6.54 Å². The lowest BCUT2D eigenvalue weighted by atomic mass is 10.00. The number of fused-ring (bicyclic) bond motifs is 1. The zero-order valence-electron chi connectivity index (χ0n) is 13.8. The van der Waals surface area contributed by atoms with Crippen LogP contribution in [0.3, 0.4) is 0 Å². The van der Waals surface area contributed by atoms with E-state index in [2.05, 4.69) is 46.0 Å². The van der Waals surface area contributed by atoms with Gasteiger partial charge in [0, 0.05) is 24.4 Å². The number of nitrogens with one attached hydrogen (secondary N) is 2. The third-order valence-electron chi connectivity index (χ3n) is 5.32. The predicted molar refractivity (Wildman–Crippen MR) is 100 cm³/mol. The average molecular weight is 349 g/mol. The molecule has 25 heavy (non-hydrogen) atoms. The molecule has 0 amide bonds. The van der Waals surface area contributed by atoms with Crippen LogP contribution in [-0.4, -0.2) is 16.5 Å². The van der Waals surface area contributed by atoms with Gasteiger partial charge in [-0.05, 0) is 35.4 Å². The molecule has 3 heterocycles. The summed E-state index contributed by atoms with van der Waals surface area (Å²) in [6.07, 6.45) is 2.95. The van der Waals surface area contributed by atoms with Crippen LogP contribution in [0.25, 0.3) is 11.1 Å². The van der Waals surface area contributed by atoms with Gasteiger partial charge in [0.15, 0.2) is 0 Å². The first-order valence-corrected chi connectivity index (χ1v) is 9.62. The summed E-state index contributed by atoms with van der Waals surface area (Å²) < 4.78 is 0. The predicted octanol–water partition coefficient (Wildman–Crippen LogP) is 3.22. The quantitative estimate of drug-likeness (QED) is 0.763. The van der Waals surface area contributed by atoms with Crippen molar-refractivity contribution in [3.63, 3.8) is 0 Å². The highest BCUT2D eigenvalue weighted by atomic mass is 32.1. The number of hydrogen-bond donors (Lipinski definition) is 2. The normalized spacial score (nSPS) is 17.9. The fourth-order valence-corrected chi connectivity index (χ4v) is 4.85. The van der Waals surface area contributed by atoms with Gasteiger partial charge in [-0.15, -0.1) is 11.3 Å². The van der Waals surface area contributed by atoms with Gasteiger partial charge in [-0.25, -0.2) is 4.98 Å². The van der Waals surface area contributed by atoms with Gasteiger partial charge in [0.2, 0.25) is 0 Å². The largest absolute Gasteiger partial charge is 0.312 e. The minimum atomic E-state index is -0.0865. The molecular weight excluding hydrogens is 330 g/mol. The van der Waals surface area contributed by atoms with Gasteiger partial charge in [-0.1, -0.05) is 30.3 Å². The molecule has 1 aliphatic carbocycles. The van der Waals surface area contributed by atoms with E-state index in [0.717, 1.165) is 42.9 Å². The van der Waals surface area contributed by atoms with Crippen LogP contribution in [0.15, 0.2) is 46.6 Å². The summed E-state index contributed by atoms with van der Waals surface area (Å²) in [5.74, 6) is 0.861. The van der Waals surface area contributed by atoms with Crippen molar-refractivity contribution in [2.45, 2.75) is 31.2 Å². The van der Waals surface area contributed by atoms with Crippen molar-refractivity contribution in [2.24, 2.45) is 0 Å². The number of rotatable bonds is 3. The lowest BCUT2D eigenvalue weighted by Crippen LogP contribution is -2.33. The summed E-state index contributed by atoms with van der Waals surface area (Å²) >= 11 is 1.78. The second kappa shape index (κ2) is 5.64. The van der Waals surface area contributed by atoms with E-state index in [1.807, 2.05) is 6.07 Å². The highest BCUT2D eigenvalue weighted by Crippen LogP contribution is 2.54. The lowest BCUT2D eigenvalue weighted by molar-refractivity contribution is 0.605. The Balaban J connectivity index is 1.56. The van der Waals surface area contributed by atoms with Crippen molar-refractivity contribution in [2.75, 3.05) is 6.54 Å². The molecule has 1 aromatic carbocycles. The van der Waals surface area contributed by atoms with Crippen LogP contribution < -0.4 is 10.9 Å². The molecule has 3 aromatic rings. The van der Waals surface area contributed by atoms with Crippen LogP contribution in [0.5, 0.6) is 0 Å². The number of nitrogens with zero attached hydrogens (tertiary/aromatic N) is 1. The summed E-state index contributed by atoms with van der Waals surface area (Å²) in [6.45, 7) is 1.52. The molecule has 0 saturated heterocycles. The number of hydrogen-bond acceptors (Lipinski definition) is 4. The van der Waals surface area contributed by atoms with Gasteiger partial charge >= 0.3 is 0 Å². The Labute approximate surface area is 150 Å². The Hall–Kier alpha value is -2.24. The fraction of sp³-hybridized carbons (Fsp3) is 0.300. The summed E-state index contributed by atoms with van der Waals surface area (Å²) in [4.78, 5) is 21.8. The Kier molecular flexibility index (Phi) is 3.40. The molecule has 1 aliphatic heterocycles. The Bertz CT molecular complexity index is 986. The van der Waals surface area contributed by atoms with Crippen LogP contribution in [0.4, 0.5) is 0 Å². The summed E-state index contributed by atoms with van der Waals surface area (Å²) in [6, 6.07) is 12.7. The third kappa shape index (κ3) is 2.46. The molecule has 1 saturated carbocycles. The standard InChI is InChI=1S/C20H19N3OS/c24-18-15-11-21-9-6-16(15)22-19(23-18)20(7-8-20)17-10-14(12-25-17)13-4-2-1-3-5-13/h1-5,10,12,21H,6-9,11H2,(H,22,23,24). The molecule has 0 spiro atoms. The van der Waals surface area contributed by atoms with Crippen LogP contribution in [0.2, 0.25) is 0 Å². The zero-order valence-corrected chi connectivity index (χ0v) is 14.7. The zero-order chi connectivity index (χ0) is 16.9. The molecule has 0 radical (unpaired) electrons. The van der Waals surface area contributed by atoms with Gasteiger partial charge in [0.05, 0.1) is 16.7 Å². The summed E-state index contributed by atoms with van der Waals surface area (Å²) in [7, 11) is 0. The maximum absolute atomic E-state index is 12.5. The van der Waals surface area contributed by atoms with Crippen LogP contribution in [0, 0.1) is 0 Å². The van der Waals surface area contributed by atoms with Crippen molar-refractivity contribution in [3.8, 4) is 11.1 Å². The maximum Gasteiger partial charge on any atom is 0.255 e. The minimum Gasteiger partial charge on any atom is -0.312 e. The van der Waals surface area contributed by atoms with E-state index in [9.17, 15) is 4.79 Å². The summed E-state index contributed by atoms with van der Waals surface area (Å²) in [5, 5.41) is 5.46. The number of H-pyrrole nitrogens is 1. The topological polar surface area (TPSA) is 57.8 Å². The minimum absolute atomic E-state index is 0.0262. The molecule has 2 aliphatic rings. The lowest BCUT2D eigenvalue weighted by Gasteiger charge is -2.19. The van der Waals surface area contributed by atoms with Gasteiger partial charge in [0.25, 0.3) is 5.56 Å². The Morgan fingerprint density at radius 3 is 2.76 bits per heavy atom. The second-order valence-electron chi connectivity index (χ2n) is 6.91. The highest BCUT2D eigenvalue weighted by Gasteiger charge is 2.49. The molecule has 2 aromatic heterocycles. The third-order valence-corrected chi connectivity index (χ3v) is 6.46. The van der Waals surface area contributed by atoms with Crippen molar-refractivity contribution in [3.05, 3.63) is 74.1 Å². The van der Waals surface area contributed by atoms with Gasteiger partial charge in [-0.2, -0.15) is 0 Å². The molecule has 126 valence electrons. The van der Waals surface area contributed by atoms with E-state index in [1.54, 1.807) is 11.3 Å². The first kappa shape index (κ1) is 15.0. The molecule has 5 rings (SSSR count).